The van der Waals surface area contributed by atoms with E-state index in [1.165, 1.54) is 6.07 Å². The van der Waals surface area contributed by atoms with E-state index in [2.05, 4.69) is 9.72 Å². The molecule has 3 aromatic rings. The lowest BCUT2D eigenvalue weighted by molar-refractivity contribution is -0.198. The molecule has 0 saturated carbocycles. The molecule has 9 nitrogen and oxygen atoms in total. The van der Waals surface area contributed by atoms with Crippen molar-refractivity contribution in [2.75, 3.05) is 26.2 Å². The van der Waals surface area contributed by atoms with Crippen molar-refractivity contribution < 1.29 is 37.7 Å². The summed E-state index contributed by atoms with van der Waals surface area (Å²) in [5.74, 6) is -1.86. The molecule has 1 fully saturated rings. The molecule has 13 heteroatoms. The van der Waals surface area contributed by atoms with Crippen LogP contribution in [0.15, 0.2) is 30.5 Å². The number of thiophene rings is 1. The highest BCUT2D eigenvalue weighted by Crippen LogP contribution is 2.36. The predicted octanol–water partition coefficient (Wildman–Crippen LogP) is 3.53. The van der Waals surface area contributed by atoms with Gasteiger partial charge >= 0.3 is 12.3 Å². The third-order valence-electron chi connectivity index (χ3n) is 6.90. The van der Waals surface area contributed by atoms with Gasteiger partial charge in [-0.2, -0.15) is 13.2 Å². The Bertz CT molecular complexity index is 1330. The lowest BCUT2D eigenvalue weighted by Crippen LogP contribution is -2.50. The van der Waals surface area contributed by atoms with E-state index < -0.39 is 23.0 Å². The van der Waals surface area contributed by atoms with Gasteiger partial charge in [-0.05, 0) is 36.2 Å². The molecule has 0 atom stereocenters. The lowest BCUT2D eigenvalue weighted by Gasteiger charge is -2.37. The Balaban J connectivity index is 1.32. The van der Waals surface area contributed by atoms with E-state index in [-0.39, 0.29) is 31.8 Å². The molecular weight excluding hydrogens is 513 g/mol. The molecule has 1 amide bonds. The van der Waals surface area contributed by atoms with Crippen molar-refractivity contribution >= 4 is 34.4 Å². The quantitative estimate of drug-likeness (QED) is 0.378. The third-order valence-corrected chi connectivity index (χ3v) is 8.01. The molecule has 37 heavy (non-hydrogen) atoms. The molecule has 0 bridgehead atoms. The summed E-state index contributed by atoms with van der Waals surface area (Å²) in [5.41, 5.74) is 2.59. The number of likely N-dealkylation sites (tertiary alicyclic amines) is 1. The molecule has 0 radical (unpaired) electrons. The SMILES string of the molecule is O=C(O)OC1(O)CCN(CC(=O)N2CCc3c(n(Cc4ccc(C(F)(F)F)s4)c4ncccc34)C2)CC1. The molecule has 5 rings (SSSR count). The predicted molar refractivity (Wildman–Crippen MR) is 127 cm³/mol. The van der Waals surface area contributed by atoms with Crippen molar-refractivity contribution in [2.45, 2.75) is 44.3 Å². The summed E-state index contributed by atoms with van der Waals surface area (Å²) < 4.78 is 45.9. The van der Waals surface area contributed by atoms with Crippen molar-refractivity contribution in [2.24, 2.45) is 0 Å². The molecule has 198 valence electrons. The summed E-state index contributed by atoms with van der Waals surface area (Å²) in [4.78, 5) is 31.9. The number of ether oxygens (including phenoxy) is 1. The van der Waals surface area contributed by atoms with E-state index in [1.807, 2.05) is 21.6 Å². The lowest BCUT2D eigenvalue weighted by atomic mass is 10.0. The number of amides is 1. The third kappa shape index (κ3) is 5.29. The molecule has 3 aromatic heterocycles. The molecule has 5 heterocycles. The number of carbonyl (C=O) groups excluding carboxylic acids is 1. The summed E-state index contributed by atoms with van der Waals surface area (Å²) in [7, 11) is 0. The highest BCUT2D eigenvalue weighted by molar-refractivity contribution is 7.12. The minimum Gasteiger partial charge on any atom is -0.450 e. The number of piperidine rings is 1. The average Bonchev–Trinajstić information content (AvgIpc) is 3.44. The number of aromatic nitrogens is 2. The Labute approximate surface area is 213 Å². The van der Waals surface area contributed by atoms with Crippen LogP contribution in [-0.2, 0) is 35.2 Å². The minimum absolute atomic E-state index is 0.0668. The minimum atomic E-state index is -4.40. The fourth-order valence-electron chi connectivity index (χ4n) is 5.03. The van der Waals surface area contributed by atoms with Crippen LogP contribution in [-0.4, -0.2) is 73.6 Å². The molecule has 2 aliphatic rings. The first-order chi connectivity index (χ1) is 17.5. The van der Waals surface area contributed by atoms with Crippen molar-refractivity contribution in [3.8, 4) is 0 Å². The zero-order valence-electron chi connectivity index (χ0n) is 19.7. The number of halogens is 3. The van der Waals surface area contributed by atoms with E-state index in [4.69, 9.17) is 5.11 Å². The summed E-state index contributed by atoms with van der Waals surface area (Å²) in [6.45, 7) is 1.74. The molecule has 0 unspecified atom stereocenters. The second kappa shape index (κ2) is 9.62. The maximum atomic E-state index is 13.2. The Hall–Kier alpha value is -3.16. The first-order valence-corrected chi connectivity index (χ1v) is 12.6. The maximum absolute atomic E-state index is 13.2. The van der Waals surface area contributed by atoms with Gasteiger partial charge in [0, 0.05) is 54.6 Å². The van der Waals surface area contributed by atoms with Crippen molar-refractivity contribution in [3.63, 3.8) is 0 Å². The van der Waals surface area contributed by atoms with Crippen LogP contribution in [0.3, 0.4) is 0 Å². The zero-order chi connectivity index (χ0) is 26.4. The molecular formula is C24H25F3N4O5S. The van der Waals surface area contributed by atoms with Crippen LogP contribution in [0.4, 0.5) is 18.0 Å². The van der Waals surface area contributed by atoms with Crippen LogP contribution in [0, 0.1) is 0 Å². The molecule has 2 N–H and O–H groups in total. The van der Waals surface area contributed by atoms with Crippen LogP contribution in [0.25, 0.3) is 11.0 Å². The number of carbonyl (C=O) groups is 2. The Morgan fingerprint density at radius 1 is 1.16 bits per heavy atom. The van der Waals surface area contributed by atoms with Crippen LogP contribution in [0.5, 0.6) is 0 Å². The fourth-order valence-corrected chi connectivity index (χ4v) is 5.89. The van der Waals surface area contributed by atoms with Gasteiger partial charge in [0.25, 0.3) is 0 Å². The second-order valence-electron chi connectivity index (χ2n) is 9.31. The zero-order valence-corrected chi connectivity index (χ0v) is 20.5. The Morgan fingerprint density at radius 2 is 1.92 bits per heavy atom. The number of hydrogen-bond donors (Lipinski definition) is 2. The monoisotopic (exact) mass is 538 g/mol. The van der Waals surface area contributed by atoms with Crippen LogP contribution >= 0.6 is 11.3 Å². The van der Waals surface area contributed by atoms with Crippen LogP contribution in [0.1, 0.15) is 33.9 Å². The molecule has 2 aliphatic heterocycles. The summed E-state index contributed by atoms with van der Waals surface area (Å²) in [6.07, 6.45) is -3.56. The fraction of sp³-hybridized carbons (Fsp3) is 0.458. The van der Waals surface area contributed by atoms with E-state index in [9.17, 15) is 27.9 Å². The summed E-state index contributed by atoms with van der Waals surface area (Å²) in [5, 5.41) is 19.9. The van der Waals surface area contributed by atoms with E-state index >= 15 is 0 Å². The number of carboxylic acid groups (broad SMARTS) is 1. The second-order valence-corrected chi connectivity index (χ2v) is 10.5. The van der Waals surface area contributed by atoms with Gasteiger partial charge in [0.2, 0.25) is 11.7 Å². The van der Waals surface area contributed by atoms with Crippen molar-refractivity contribution in [3.05, 3.63) is 51.5 Å². The van der Waals surface area contributed by atoms with Gasteiger partial charge in [0.15, 0.2) is 0 Å². The number of nitrogens with zero attached hydrogens (tertiary/aromatic N) is 4. The van der Waals surface area contributed by atoms with E-state index in [0.717, 1.165) is 22.7 Å². The van der Waals surface area contributed by atoms with Crippen LogP contribution < -0.4 is 0 Å². The number of aliphatic hydroxyl groups is 1. The molecule has 1 saturated heterocycles. The summed E-state index contributed by atoms with van der Waals surface area (Å²) >= 11 is 0.703. The van der Waals surface area contributed by atoms with Gasteiger partial charge in [-0.3, -0.25) is 9.69 Å². The number of alkyl halides is 3. The van der Waals surface area contributed by atoms with Gasteiger partial charge in [-0.1, -0.05) is 0 Å². The number of hydrogen-bond acceptors (Lipinski definition) is 7. The van der Waals surface area contributed by atoms with Crippen LogP contribution in [0.2, 0.25) is 0 Å². The largest absolute Gasteiger partial charge is 0.508 e. The van der Waals surface area contributed by atoms with E-state index in [1.54, 1.807) is 11.1 Å². The Kier molecular flexibility index (Phi) is 6.62. The molecule has 0 aliphatic carbocycles. The number of rotatable bonds is 5. The van der Waals surface area contributed by atoms with Gasteiger partial charge in [0.05, 0.1) is 19.6 Å². The first kappa shape index (κ1) is 25.5. The highest BCUT2D eigenvalue weighted by atomic mass is 32.1. The van der Waals surface area contributed by atoms with Crippen molar-refractivity contribution in [1.82, 2.24) is 19.4 Å². The van der Waals surface area contributed by atoms with Gasteiger partial charge in [-0.25, -0.2) is 9.78 Å². The molecule has 0 aromatic carbocycles. The average molecular weight is 539 g/mol. The topological polar surface area (TPSA) is 108 Å². The normalized spacial score (nSPS) is 18.1. The number of pyridine rings is 1. The molecule has 0 spiro atoms. The Morgan fingerprint density at radius 3 is 2.59 bits per heavy atom. The smallest absolute Gasteiger partial charge is 0.450 e. The van der Waals surface area contributed by atoms with Gasteiger partial charge < -0.3 is 24.4 Å². The standard InChI is InChI=1S/C24H25F3N4O5S/c25-24(26,27)19-4-3-15(37-19)12-31-18-13-30(9-5-16(18)17-2-1-8-28-21(17)31)20(32)14-29-10-6-23(35,7-11-29)36-22(33)34/h1-4,8,35H,5-7,9-14H2,(H,33,34). The summed E-state index contributed by atoms with van der Waals surface area (Å²) in [6, 6.07) is 6.33. The first-order valence-electron chi connectivity index (χ1n) is 11.8. The van der Waals surface area contributed by atoms with Gasteiger partial charge in [0.1, 0.15) is 10.5 Å². The van der Waals surface area contributed by atoms with Gasteiger partial charge in [-0.15, -0.1) is 11.3 Å². The van der Waals surface area contributed by atoms with E-state index in [0.29, 0.717) is 54.5 Å². The highest BCUT2D eigenvalue weighted by Gasteiger charge is 2.37. The maximum Gasteiger partial charge on any atom is 0.508 e. The number of fused-ring (bicyclic) bond motifs is 3. The van der Waals surface area contributed by atoms with Crippen molar-refractivity contribution in [1.29, 1.82) is 0 Å².